The Labute approximate surface area is 121 Å². The van der Waals surface area contributed by atoms with Gasteiger partial charge in [0.15, 0.2) is 9.84 Å². The number of carboxylic acids is 1. The van der Waals surface area contributed by atoms with Crippen LogP contribution in [0.5, 0.6) is 0 Å². The number of benzene rings is 1. The van der Waals surface area contributed by atoms with Gasteiger partial charge in [-0.2, -0.15) is 0 Å². The van der Waals surface area contributed by atoms with Gasteiger partial charge in [-0.05, 0) is 6.07 Å². The summed E-state index contributed by atoms with van der Waals surface area (Å²) in [5, 5.41) is 10.0. The predicted molar refractivity (Wildman–Crippen MR) is 77.1 cm³/mol. The number of aromatic carboxylic acids is 1. The SMILES string of the molecule is O=C(O)c1oc2ccccc2c1CN1CCS(=O)(=O)CC1. The molecule has 21 heavy (non-hydrogen) atoms. The second-order valence-corrected chi connectivity index (χ2v) is 7.44. The highest BCUT2D eigenvalue weighted by Gasteiger charge is 2.26. The molecule has 2 heterocycles. The summed E-state index contributed by atoms with van der Waals surface area (Å²) in [6.45, 7) is 1.22. The molecule has 1 N–H and O–H groups in total. The first-order chi connectivity index (χ1) is 9.96. The smallest absolute Gasteiger partial charge is 0.372 e. The van der Waals surface area contributed by atoms with E-state index in [-0.39, 0.29) is 17.3 Å². The van der Waals surface area contributed by atoms with E-state index < -0.39 is 15.8 Å². The molecule has 1 aromatic carbocycles. The lowest BCUT2D eigenvalue weighted by atomic mass is 10.1. The van der Waals surface area contributed by atoms with Crippen LogP contribution in [0.1, 0.15) is 16.1 Å². The number of carbonyl (C=O) groups is 1. The van der Waals surface area contributed by atoms with E-state index in [0.717, 1.165) is 5.39 Å². The molecule has 2 aromatic rings. The van der Waals surface area contributed by atoms with Crippen LogP contribution in [0.25, 0.3) is 11.0 Å². The molecule has 0 radical (unpaired) electrons. The average Bonchev–Trinajstić information content (AvgIpc) is 2.80. The number of hydrogen-bond donors (Lipinski definition) is 1. The van der Waals surface area contributed by atoms with Gasteiger partial charge in [0.05, 0.1) is 11.5 Å². The topological polar surface area (TPSA) is 87.8 Å². The fourth-order valence-electron chi connectivity index (χ4n) is 2.56. The minimum atomic E-state index is -2.94. The van der Waals surface area contributed by atoms with E-state index in [1.54, 1.807) is 12.1 Å². The second kappa shape index (κ2) is 5.16. The predicted octanol–water partition coefficient (Wildman–Crippen LogP) is 1.36. The molecule has 0 aliphatic carbocycles. The molecule has 1 fully saturated rings. The molecule has 1 aromatic heterocycles. The maximum atomic E-state index is 11.4. The summed E-state index contributed by atoms with van der Waals surface area (Å²) in [6, 6.07) is 7.16. The van der Waals surface area contributed by atoms with Gasteiger partial charge < -0.3 is 9.52 Å². The van der Waals surface area contributed by atoms with Crippen molar-refractivity contribution < 1.29 is 22.7 Å². The van der Waals surface area contributed by atoms with Crippen molar-refractivity contribution >= 4 is 26.8 Å². The lowest BCUT2D eigenvalue weighted by Crippen LogP contribution is -2.39. The summed E-state index contributed by atoms with van der Waals surface area (Å²) in [7, 11) is -2.94. The van der Waals surface area contributed by atoms with Crippen LogP contribution in [-0.2, 0) is 16.4 Å². The molecule has 0 saturated carbocycles. The first-order valence-electron chi connectivity index (χ1n) is 6.63. The Hall–Kier alpha value is -1.86. The summed E-state index contributed by atoms with van der Waals surface area (Å²) in [5.74, 6) is -0.938. The van der Waals surface area contributed by atoms with E-state index in [9.17, 15) is 18.3 Å². The van der Waals surface area contributed by atoms with Crippen molar-refractivity contribution in [3.8, 4) is 0 Å². The summed E-state index contributed by atoms with van der Waals surface area (Å²) < 4.78 is 28.3. The largest absolute Gasteiger partial charge is 0.475 e. The summed E-state index contributed by atoms with van der Waals surface area (Å²) in [4.78, 5) is 13.3. The number of carboxylic acid groups (broad SMARTS) is 1. The number of fused-ring (bicyclic) bond motifs is 1. The van der Waals surface area contributed by atoms with E-state index in [1.165, 1.54) is 0 Å². The molecule has 0 bridgehead atoms. The van der Waals surface area contributed by atoms with E-state index in [2.05, 4.69) is 0 Å². The molecule has 7 heteroatoms. The Bertz CT molecular complexity index is 779. The summed E-state index contributed by atoms with van der Waals surface area (Å²) in [5.41, 5.74) is 1.15. The Morgan fingerprint density at radius 3 is 2.57 bits per heavy atom. The van der Waals surface area contributed by atoms with E-state index >= 15 is 0 Å². The fourth-order valence-corrected chi connectivity index (χ4v) is 3.84. The highest BCUT2D eigenvalue weighted by molar-refractivity contribution is 7.91. The van der Waals surface area contributed by atoms with Crippen LogP contribution in [0, 0.1) is 0 Å². The first kappa shape index (κ1) is 14.1. The lowest BCUT2D eigenvalue weighted by Gasteiger charge is -2.26. The number of nitrogens with zero attached hydrogens (tertiary/aromatic N) is 1. The minimum absolute atomic E-state index is 0.0652. The molecule has 112 valence electrons. The molecule has 0 spiro atoms. The molecule has 0 unspecified atom stereocenters. The van der Waals surface area contributed by atoms with Crippen LogP contribution in [0.3, 0.4) is 0 Å². The Balaban J connectivity index is 1.93. The van der Waals surface area contributed by atoms with Gasteiger partial charge >= 0.3 is 5.97 Å². The van der Waals surface area contributed by atoms with Crippen molar-refractivity contribution in [2.75, 3.05) is 24.6 Å². The quantitative estimate of drug-likeness (QED) is 0.921. The maximum Gasteiger partial charge on any atom is 0.372 e. The van der Waals surface area contributed by atoms with Gasteiger partial charge in [-0.3, -0.25) is 4.90 Å². The molecule has 1 saturated heterocycles. The van der Waals surface area contributed by atoms with Crippen molar-refractivity contribution in [3.63, 3.8) is 0 Å². The third-order valence-electron chi connectivity index (χ3n) is 3.71. The first-order valence-corrected chi connectivity index (χ1v) is 8.45. The molecule has 6 nitrogen and oxygen atoms in total. The zero-order valence-electron chi connectivity index (χ0n) is 11.3. The molecular weight excluding hydrogens is 294 g/mol. The van der Waals surface area contributed by atoms with Crippen molar-refractivity contribution in [1.82, 2.24) is 4.90 Å². The third-order valence-corrected chi connectivity index (χ3v) is 5.32. The minimum Gasteiger partial charge on any atom is -0.475 e. The van der Waals surface area contributed by atoms with Gasteiger partial charge in [0.2, 0.25) is 5.76 Å². The van der Waals surface area contributed by atoms with E-state index in [0.29, 0.717) is 30.8 Å². The fraction of sp³-hybridized carbons (Fsp3) is 0.357. The van der Waals surface area contributed by atoms with E-state index in [1.807, 2.05) is 17.0 Å². The lowest BCUT2D eigenvalue weighted by molar-refractivity contribution is 0.0661. The molecule has 1 aliphatic rings. The maximum absolute atomic E-state index is 11.4. The van der Waals surface area contributed by atoms with Crippen molar-refractivity contribution in [1.29, 1.82) is 0 Å². The van der Waals surface area contributed by atoms with Gasteiger partial charge in [0.1, 0.15) is 5.58 Å². The highest BCUT2D eigenvalue weighted by atomic mass is 32.2. The van der Waals surface area contributed by atoms with Crippen LogP contribution in [0.2, 0.25) is 0 Å². The number of sulfone groups is 1. The highest BCUT2D eigenvalue weighted by Crippen LogP contribution is 2.27. The number of rotatable bonds is 3. The second-order valence-electron chi connectivity index (χ2n) is 5.14. The third kappa shape index (κ3) is 2.79. The molecule has 0 amide bonds. The van der Waals surface area contributed by atoms with Gasteiger partial charge in [-0.1, -0.05) is 18.2 Å². The zero-order chi connectivity index (χ0) is 15.0. The molecule has 1 aliphatic heterocycles. The standard InChI is InChI=1S/C14H15NO5S/c16-14(17)13-11(10-3-1-2-4-12(10)20-13)9-15-5-7-21(18,19)8-6-15/h1-4H,5-9H2,(H,16,17). The van der Waals surface area contributed by atoms with Crippen LogP contribution < -0.4 is 0 Å². The number of hydrogen-bond acceptors (Lipinski definition) is 5. The van der Waals surface area contributed by atoms with Gasteiger partial charge in [0, 0.05) is 30.6 Å². The molecule has 3 rings (SSSR count). The van der Waals surface area contributed by atoms with Crippen LogP contribution in [-0.4, -0.2) is 49.0 Å². The Morgan fingerprint density at radius 1 is 1.24 bits per heavy atom. The Kier molecular flexibility index (Phi) is 3.46. The van der Waals surface area contributed by atoms with Gasteiger partial charge in [-0.15, -0.1) is 0 Å². The Morgan fingerprint density at radius 2 is 1.90 bits per heavy atom. The van der Waals surface area contributed by atoms with Crippen LogP contribution >= 0.6 is 0 Å². The molecular formula is C14H15NO5S. The van der Waals surface area contributed by atoms with E-state index in [4.69, 9.17) is 4.42 Å². The van der Waals surface area contributed by atoms with Gasteiger partial charge in [0.25, 0.3) is 0 Å². The van der Waals surface area contributed by atoms with Crippen molar-refractivity contribution in [3.05, 3.63) is 35.6 Å². The normalized spacial score (nSPS) is 18.9. The van der Waals surface area contributed by atoms with Gasteiger partial charge in [-0.25, -0.2) is 13.2 Å². The zero-order valence-corrected chi connectivity index (χ0v) is 12.1. The van der Waals surface area contributed by atoms with Crippen LogP contribution in [0.15, 0.2) is 28.7 Å². The van der Waals surface area contributed by atoms with Crippen LogP contribution in [0.4, 0.5) is 0 Å². The van der Waals surface area contributed by atoms with Crippen molar-refractivity contribution in [2.45, 2.75) is 6.54 Å². The number of furan rings is 1. The number of para-hydroxylation sites is 1. The summed E-state index contributed by atoms with van der Waals surface area (Å²) >= 11 is 0. The average molecular weight is 309 g/mol. The monoisotopic (exact) mass is 309 g/mol. The molecule has 0 atom stereocenters. The van der Waals surface area contributed by atoms with Crippen molar-refractivity contribution in [2.24, 2.45) is 0 Å². The summed E-state index contributed by atoms with van der Waals surface area (Å²) in [6.07, 6.45) is 0.